The maximum atomic E-state index is 9.81. The second-order valence-corrected chi connectivity index (χ2v) is 6.87. The van der Waals surface area contributed by atoms with Crippen molar-refractivity contribution in [3.63, 3.8) is 0 Å². The van der Waals surface area contributed by atoms with Crippen molar-refractivity contribution in [3.8, 4) is 5.75 Å². The van der Waals surface area contributed by atoms with E-state index < -0.39 is 0 Å². The van der Waals surface area contributed by atoms with Crippen molar-refractivity contribution in [1.82, 2.24) is 5.32 Å². The quantitative estimate of drug-likeness (QED) is 0.887. The molecule has 0 spiro atoms. The lowest BCUT2D eigenvalue weighted by atomic mass is 10.00. The van der Waals surface area contributed by atoms with Gasteiger partial charge in [-0.15, -0.1) is 0 Å². The Balaban J connectivity index is 1.54. The molecule has 2 atom stereocenters. The molecule has 0 amide bonds. The van der Waals surface area contributed by atoms with E-state index >= 15 is 0 Å². The van der Waals surface area contributed by atoms with E-state index in [1.54, 1.807) is 0 Å². The van der Waals surface area contributed by atoms with Crippen molar-refractivity contribution >= 4 is 0 Å². The van der Waals surface area contributed by atoms with Crippen LogP contribution >= 0.6 is 0 Å². The Morgan fingerprint density at radius 1 is 1.35 bits per heavy atom. The summed E-state index contributed by atoms with van der Waals surface area (Å²) in [4.78, 5) is 0. The van der Waals surface area contributed by atoms with Gasteiger partial charge in [0.15, 0.2) is 0 Å². The largest absolute Gasteiger partial charge is 0.487 e. The zero-order valence-electron chi connectivity index (χ0n) is 12.5. The molecule has 3 heteroatoms. The molecular weight excluding hydrogens is 250 g/mol. The molecule has 20 heavy (non-hydrogen) atoms. The third kappa shape index (κ3) is 2.99. The van der Waals surface area contributed by atoms with Gasteiger partial charge in [0.05, 0.1) is 6.10 Å². The normalized spacial score (nSPS) is 27.4. The molecule has 1 aromatic rings. The molecule has 1 saturated carbocycles. The summed E-state index contributed by atoms with van der Waals surface area (Å²) < 4.78 is 5.90. The van der Waals surface area contributed by atoms with Crippen molar-refractivity contribution in [2.75, 3.05) is 6.54 Å². The van der Waals surface area contributed by atoms with Crippen LogP contribution in [-0.4, -0.2) is 23.4 Å². The highest BCUT2D eigenvalue weighted by Crippen LogP contribution is 2.35. The summed E-state index contributed by atoms with van der Waals surface area (Å²) in [6, 6.07) is 6.48. The van der Waals surface area contributed by atoms with Gasteiger partial charge in [-0.1, -0.05) is 18.6 Å². The van der Waals surface area contributed by atoms with E-state index in [-0.39, 0.29) is 11.7 Å². The minimum absolute atomic E-state index is 0.0671. The topological polar surface area (TPSA) is 41.5 Å². The zero-order chi connectivity index (χ0) is 14.2. The summed E-state index contributed by atoms with van der Waals surface area (Å²) in [7, 11) is 0. The standard InChI is InChI=1S/C17H25NO2/c1-17(2)9-14-8-12(6-7-16(14)20-17)10-18-11-13-4-3-5-15(13)19/h6-8,13,15,18-19H,3-5,9-11H2,1-2H3. The van der Waals surface area contributed by atoms with Gasteiger partial charge in [0, 0.05) is 19.5 Å². The summed E-state index contributed by atoms with van der Waals surface area (Å²) >= 11 is 0. The van der Waals surface area contributed by atoms with Crippen LogP contribution < -0.4 is 10.1 Å². The monoisotopic (exact) mass is 275 g/mol. The second-order valence-electron chi connectivity index (χ2n) is 6.87. The number of hydrogen-bond acceptors (Lipinski definition) is 3. The highest BCUT2D eigenvalue weighted by Gasteiger charge is 2.30. The van der Waals surface area contributed by atoms with E-state index in [4.69, 9.17) is 4.74 Å². The van der Waals surface area contributed by atoms with E-state index in [0.717, 1.165) is 38.1 Å². The third-order valence-electron chi connectivity index (χ3n) is 4.48. The number of hydrogen-bond donors (Lipinski definition) is 2. The molecule has 1 aliphatic heterocycles. The highest BCUT2D eigenvalue weighted by atomic mass is 16.5. The summed E-state index contributed by atoms with van der Waals surface area (Å²) in [5.41, 5.74) is 2.55. The average Bonchev–Trinajstić information content (AvgIpc) is 2.91. The van der Waals surface area contributed by atoms with Gasteiger partial charge in [-0.25, -0.2) is 0 Å². The Morgan fingerprint density at radius 3 is 2.95 bits per heavy atom. The van der Waals surface area contributed by atoms with Crippen molar-refractivity contribution in [3.05, 3.63) is 29.3 Å². The van der Waals surface area contributed by atoms with E-state index in [9.17, 15) is 5.11 Å². The van der Waals surface area contributed by atoms with Crippen molar-refractivity contribution in [1.29, 1.82) is 0 Å². The molecule has 0 radical (unpaired) electrons. The zero-order valence-corrected chi connectivity index (χ0v) is 12.5. The van der Waals surface area contributed by atoms with Gasteiger partial charge in [-0.05, 0) is 49.8 Å². The number of rotatable bonds is 4. The molecule has 2 unspecified atom stereocenters. The Labute approximate surface area is 121 Å². The predicted octanol–water partition coefficient (Wildman–Crippen LogP) is 2.65. The number of benzene rings is 1. The first-order valence-electron chi connectivity index (χ1n) is 7.73. The van der Waals surface area contributed by atoms with E-state index in [1.807, 2.05) is 0 Å². The van der Waals surface area contributed by atoms with E-state index in [0.29, 0.717) is 5.92 Å². The fraction of sp³-hybridized carbons (Fsp3) is 0.647. The molecule has 0 saturated heterocycles. The van der Waals surface area contributed by atoms with Crippen molar-refractivity contribution < 1.29 is 9.84 Å². The molecule has 3 rings (SSSR count). The molecule has 3 nitrogen and oxygen atoms in total. The summed E-state index contributed by atoms with van der Waals surface area (Å²) in [6.07, 6.45) is 4.17. The highest BCUT2D eigenvalue weighted by molar-refractivity contribution is 5.41. The molecule has 2 N–H and O–H groups in total. The fourth-order valence-corrected chi connectivity index (χ4v) is 3.43. The van der Waals surface area contributed by atoms with Gasteiger partial charge in [0.2, 0.25) is 0 Å². The van der Waals surface area contributed by atoms with Gasteiger partial charge < -0.3 is 15.2 Å². The lowest BCUT2D eigenvalue weighted by Gasteiger charge is -2.16. The molecule has 0 aromatic heterocycles. The fourth-order valence-electron chi connectivity index (χ4n) is 3.43. The van der Waals surface area contributed by atoms with Crippen LogP contribution in [0.1, 0.15) is 44.2 Å². The lowest BCUT2D eigenvalue weighted by molar-refractivity contribution is 0.131. The number of ether oxygens (including phenoxy) is 1. The Hall–Kier alpha value is -1.06. The molecular formula is C17H25NO2. The van der Waals surface area contributed by atoms with Gasteiger partial charge in [0.25, 0.3) is 0 Å². The molecule has 1 fully saturated rings. The first-order chi connectivity index (χ1) is 9.53. The number of aliphatic hydroxyl groups is 1. The molecule has 1 aliphatic carbocycles. The summed E-state index contributed by atoms with van der Waals surface area (Å²) in [6.45, 7) is 6.05. The van der Waals surface area contributed by atoms with E-state index in [2.05, 4.69) is 37.4 Å². The molecule has 1 heterocycles. The van der Waals surface area contributed by atoms with Crippen LogP contribution in [0, 0.1) is 5.92 Å². The van der Waals surface area contributed by atoms with Crippen molar-refractivity contribution in [2.24, 2.45) is 5.92 Å². The SMILES string of the molecule is CC1(C)Cc2cc(CNCC3CCCC3O)ccc2O1. The van der Waals surface area contributed by atoms with Gasteiger partial charge in [-0.2, -0.15) is 0 Å². The maximum absolute atomic E-state index is 9.81. The van der Waals surface area contributed by atoms with Crippen LogP contribution in [0.3, 0.4) is 0 Å². The first kappa shape index (κ1) is 13.9. The molecule has 110 valence electrons. The molecule has 2 aliphatic rings. The van der Waals surface area contributed by atoms with Gasteiger partial charge in [-0.3, -0.25) is 0 Å². The van der Waals surface area contributed by atoms with Crippen molar-refractivity contribution in [2.45, 2.75) is 57.8 Å². The van der Waals surface area contributed by atoms with Crippen LogP contribution in [0.2, 0.25) is 0 Å². The predicted molar refractivity (Wildman–Crippen MR) is 79.9 cm³/mol. The van der Waals surface area contributed by atoms with Crippen LogP contribution in [0.5, 0.6) is 5.75 Å². The van der Waals surface area contributed by atoms with Crippen LogP contribution in [-0.2, 0) is 13.0 Å². The maximum Gasteiger partial charge on any atom is 0.123 e. The number of fused-ring (bicyclic) bond motifs is 1. The summed E-state index contributed by atoms with van der Waals surface area (Å²) in [5.74, 6) is 1.47. The van der Waals surface area contributed by atoms with Gasteiger partial charge in [0.1, 0.15) is 11.4 Å². The van der Waals surface area contributed by atoms with Crippen LogP contribution in [0.4, 0.5) is 0 Å². The van der Waals surface area contributed by atoms with E-state index in [1.165, 1.54) is 17.5 Å². The summed E-state index contributed by atoms with van der Waals surface area (Å²) in [5, 5.41) is 13.3. The first-order valence-corrected chi connectivity index (χ1v) is 7.73. The lowest BCUT2D eigenvalue weighted by Crippen LogP contribution is -2.27. The third-order valence-corrected chi connectivity index (χ3v) is 4.48. The Kier molecular flexibility index (Phi) is 3.74. The van der Waals surface area contributed by atoms with Crippen LogP contribution in [0.25, 0.3) is 0 Å². The minimum atomic E-state index is -0.100. The van der Waals surface area contributed by atoms with Crippen LogP contribution in [0.15, 0.2) is 18.2 Å². The average molecular weight is 275 g/mol. The van der Waals surface area contributed by atoms with Gasteiger partial charge >= 0.3 is 0 Å². The molecule has 0 bridgehead atoms. The number of aliphatic hydroxyl groups excluding tert-OH is 1. The molecule has 1 aromatic carbocycles. The number of nitrogens with one attached hydrogen (secondary N) is 1. The smallest absolute Gasteiger partial charge is 0.123 e. The Morgan fingerprint density at radius 2 is 2.20 bits per heavy atom. The minimum Gasteiger partial charge on any atom is -0.487 e. The second kappa shape index (κ2) is 5.38. The Bertz CT molecular complexity index is 484.